The van der Waals surface area contributed by atoms with E-state index >= 15 is 0 Å². The van der Waals surface area contributed by atoms with Crippen LogP contribution in [-0.4, -0.2) is 11.9 Å². The first-order chi connectivity index (χ1) is 9.99. The molecule has 1 fully saturated rings. The quantitative estimate of drug-likeness (QED) is 0.834. The molecule has 1 aliphatic rings. The highest BCUT2D eigenvalue weighted by atomic mass is 16.1. The zero-order valence-electron chi connectivity index (χ0n) is 13.5. The fourth-order valence-corrected chi connectivity index (χ4v) is 3.30. The van der Waals surface area contributed by atoms with E-state index in [4.69, 9.17) is 5.73 Å². The minimum absolute atomic E-state index is 0.273. The summed E-state index contributed by atoms with van der Waals surface area (Å²) >= 11 is 0. The van der Waals surface area contributed by atoms with Gasteiger partial charge in [-0.05, 0) is 55.9 Å². The lowest BCUT2D eigenvalue weighted by Gasteiger charge is -2.25. The summed E-state index contributed by atoms with van der Waals surface area (Å²) in [7, 11) is 0. The van der Waals surface area contributed by atoms with E-state index in [-0.39, 0.29) is 11.9 Å². The van der Waals surface area contributed by atoms with Gasteiger partial charge in [-0.1, -0.05) is 37.8 Å². The standard InChI is InChI=1S/C18H28N2O/c1-12-10-14(3)16(11-13(12)2)17(18(19)21)20-15-8-6-4-5-7-9-15/h10-11,15,17,20H,4-9H2,1-3H3,(H2,19,21). The number of hydrogen-bond donors (Lipinski definition) is 2. The molecule has 1 aromatic carbocycles. The fraction of sp³-hybridized carbons (Fsp3) is 0.611. The number of carbonyl (C=O) groups excluding carboxylic acids is 1. The van der Waals surface area contributed by atoms with Crippen molar-refractivity contribution in [1.82, 2.24) is 5.32 Å². The average molecular weight is 288 g/mol. The van der Waals surface area contributed by atoms with Crippen LogP contribution in [0.1, 0.15) is 66.8 Å². The maximum atomic E-state index is 12.0. The van der Waals surface area contributed by atoms with Crippen molar-refractivity contribution in [2.24, 2.45) is 5.73 Å². The molecule has 0 bridgehead atoms. The summed E-state index contributed by atoms with van der Waals surface area (Å²) in [5.41, 5.74) is 10.3. The van der Waals surface area contributed by atoms with E-state index in [2.05, 4.69) is 38.2 Å². The zero-order chi connectivity index (χ0) is 15.4. The van der Waals surface area contributed by atoms with Crippen LogP contribution in [0, 0.1) is 20.8 Å². The Hall–Kier alpha value is -1.35. The summed E-state index contributed by atoms with van der Waals surface area (Å²) in [6, 6.07) is 4.30. The van der Waals surface area contributed by atoms with Crippen LogP contribution in [0.2, 0.25) is 0 Å². The molecule has 0 aromatic heterocycles. The first-order valence-electron chi connectivity index (χ1n) is 8.12. The third-order valence-corrected chi connectivity index (χ3v) is 4.74. The number of benzene rings is 1. The number of carbonyl (C=O) groups is 1. The van der Waals surface area contributed by atoms with Gasteiger partial charge in [-0.25, -0.2) is 0 Å². The van der Waals surface area contributed by atoms with Gasteiger partial charge in [-0.2, -0.15) is 0 Å². The number of hydrogen-bond acceptors (Lipinski definition) is 2. The Kier molecular flexibility index (Phi) is 5.40. The Morgan fingerprint density at radius 2 is 1.62 bits per heavy atom. The van der Waals surface area contributed by atoms with Gasteiger partial charge in [-0.15, -0.1) is 0 Å². The van der Waals surface area contributed by atoms with E-state index in [0.29, 0.717) is 6.04 Å². The smallest absolute Gasteiger partial charge is 0.239 e. The summed E-state index contributed by atoms with van der Waals surface area (Å²) in [6.07, 6.45) is 7.40. The van der Waals surface area contributed by atoms with E-state index in [9.17, 15) is 4.79 Å². The topological polar surface area (TPSA) is 55.1 Å². The maximum absolute atomic E-state index is 12.0. The molecule has 0 radical (unpaired) electrons. The van der Waals surface area contributed by atoms with E-state index < -0.39 is 0 Å². The van der Waals surface area contributed by atoms with E-state index in [0.717, 1.165) is 24.0 Å². The van der Waals surface area contributed by atoms with Crippen LogP contribution in [0.4, 0.5) is 0 Å². The Balaban J connectivity index is 2.22. The van der Waals surface area contributed by atoms with Crippen molar-refractivity contribution >= 4 is 5.91 Å². The second kappa shape index (κ2) is 7.08. The van der Waals surface area contributed by atoms with Gasteiger partial charge in [0, 0.05) is 6.04 Å². The SMILES string of the molecule is Cc1cc(C)c(C(NC2CCCCCC2)C(N)=O)cc1C. The summed E-state index contributed by atoms with van der Waals surface area (Å²) in [4.78, 5) is 12.0. The van der Waals surface area contributed by atoms with Crippen LogP contribution in [0.5, 0.6) is 0 Å². The normalized spacial score (nSPS) is 18.2. The Morgan fingerprint density at radius 1 is 1.05 bits per heavy atom. The highest BCUT2D eigenvalue weighted by Gasteiger charge is 2.24. The number of nitrogens with one attached hydrogen (secondary N) is 1. The van der Waals surface area contributed by atoms with Crippen molar-refractivity contribution < 1.29 is 4.79 Å². The molecule has 116 valence electrons. The van der Waals surface area contributed by atoms with Crippen molar-refractivity contribution in [3.63, 3.8) is 0 Å². The molecule has 1 saturated carbocycles. The second-order valence-corrected chi connectivity index (χ2v) is 6.48. The van der Waals surface area contributed by atoms with Crippen molar-refractivity contribution in [1.29, 1.82) is 0 Å². The lowest BCUT2D eigenvalue weighted by atomic mass is 9.94. The predicted molar refractivity (Wildman–Crippen MR) is 87.2 cm³/mol. The van der Waals surface area contributed by atoms with Crippen molar-refractivity contribution in [3.05, 3.63) is 34.4 Å². The van der Waals surface area contributed by atoms with Gasteiger partial charge in [0.15, 0.2) is 0 Å². The fourth-order valence-electron chi connectivity index (χ4n) is 3.30. The van der Waals surface area contributed by atoms with Crippen LogP contribution in [0.3, 0.4) is 0 Å². The molecule has 1 aromatic rings. The Labute approximate surface area is 128 Å². The molecule has 1 atom stereocenters. The van der Waals surface area contributed by atoms with Gasteiger partial charge in [0.1, 0.15) is 6.04 Å². The first-order valence-corrected chi connectivity index (χ1v) is 8.12. The molecule has 0 saturated heterocycles. The molecule has 0 heterocycles. The summed E-state index contributed by atoms with van der Waals surface area (Å²) in [5, 5.41) is 3.52. The lowest BCUT2D eigenvalue weighted by molar-refractivity contribution is -0.120. The molecule has 1 aliphatic carbocycles. The van der Waals surface area contributed by atoms with Gasteiger partial charge in [0.2, 0.25) is 5.91 Å². The van der Waals surface area contributed by atoms with E-state index in [1.807, 2.05) is 0 Å². The van der Waals surface area contributed by atoms with Crippen molar-refractivity contribution in [2.45, 2.75) is 71.4 Å². The van der Waals surface area contributed by atoms with Crippen LogP contribution in [0.15, 0.2) is 12.1 Å². The molecule has 3 N–H and O–H groups in total. The monoisotopic (exact) mass is 288 g/mol. The minimum Gasteiger partial charge on any atom is -0.368 e. The summed E-state index contributed by atoms with van der Waals surface area (Å²) in [5.74, 6) is -0.273. The number of amides is 1. The van der Waals surface area contributed by atoms with E-state index in [1.165, 1.54) is 36.8 Å². The number of rotatable bonds is 4. The van der Waals surface area contributed by atoms with Gasteiger partial charge in [0.05, 0.1) is 0 Å². The van der Waals surface area contributed by atoms with Crippen LogP contribution >= 0.6 is 0 Å². The molecule has 1 unspecified atom stereocenters. The number of nitrogens with two attached hydrogens (primary N) is 1. The highest BCUT2D eigenvalue weighted by molar-refractivity contribution is 5.82. The molecule has 2 rings (SSSR count). The third-order valence-electron chi connectivity index (χ3n) is 4.74. The van der Waals surface area contributed by atoms with Gasteiger partial charge >= 0.3 is 0 Å². The van der Waals surface area contributed by atoms with Crippen LogP contribution < -0.4 is 11.1 Å². The average Bonchev–Trinajstić information content (AvgIpc) is 2.69. The maximum Gasteiger partial charge on any atom is 0.239 e. The predicted octanol–water partition coefficient (Wildman–Crippen LogP) is 3.45. The minimum atomic E-state index is -0.368. The number of primary amides is 1. The highest BCUT2D eigenvalue weighted by Crippen LogP contribution is 2.25. The number of aryl methyl sites for hydroxylation is 3. The second-order valence-electron chi connectivity index (χ2n) is 6.48. The molecule has 21 heavy (non-hydrogen) atoms. The van der Waals surface area contributed by atoms with Crippen LogP contribution in [0.25, 0.3) is 0 Å². The van der Waals surface area contributed by atoms with Crippen LogP contribution in [-0.2, 0) is 4.79 Å². The Bertz CT molecular complexity index is 502. The molecule has 0 spiro atoms. The molecule has 3 nitrogen and oxygen atoms in total. The van der Waals surface area contributed by atoms with E-state index in [1.54, 1.807) is 0 Å². The molecule has 1 amide bonds. The first kappa shape index (κ1) is 16.0. The molecular formula is C18H28N2O. The molecular weight excluding hydrogens is 260 g/mol. The summed E-state index contributed by atoms with van der Waals surface area (Å²) in [6.45, 7) is 6.25. The van der Waals surface area contributed by atoms with Gasteiger partial charge < -0.3 is 5.73 Å². The largest absolute Gasteiger partial charge is 0.368 e. The molecule has 0 aliphatic heterocycles. The van der Waals surface area contributed by atoms with Crippen molar-refractivity contribution in [3.8, 4) is 0 Å². The van der Waals surface area contributed by atoms with Gasteiger partial charge in [-0.3, -0.25) is 10.1 Å². The third kappa shape index (κ3) is 4.07. The Morgan fingerprint density at radius 3 is 2.19 bits per heavy atom. The van der Waals surface area contributed by atoms with Gasteiger partial charge in [0.25, 0.3) is 0 Å². The zero-order valence-corrected chi connectivity index (χ0v) is 13.5. The lowest BCUT2D eigenvalue weighted by Crippen LogP contribution is -2.40. The summed E-state index contributed by atoms with van der Waals surface area (Å²) < 4.78 is 0. The molecule has 3 heteroatoms. The van der Waals surface area contributed by atoms with Crippen molar-refractivity contribution in [2.75, 3.05) is 0 Å².